The van der Waals surface area contributed by atoms with Crippen LogP contribution >= 0.6 is 0 Å². The minimum Gasteiger partial charge on any atom is -0.347 e. The van der Waals surface area contributed by atoms with Crippen LogP contribution in [0.5, 0.6) is 0 Å². The third kappa shape index (κ3) is 4.43. The van der Waals surface area contributed by atoms with Gasteiger partial charge in [0.2, 0.25) is 11.7 Å². The van der Waals surface area contributed by atoms with E-state index in [1.165, 1.54) is 16.7 Å². The molecule has 1 aromatic heterocycles. The predicted octanol–water partition coefficient (Wildman–Crippen LogP) is 2.81. The fourth-order valence-corrected chi connectivity index (χ4v) is 5.74. The quantitative estimate of drug-likeness (QED) is 0.647. The maximum absolute atomic E-state index is 13.7. The number of carbonyl (C=O) groups excluding carboxylic acids is 2. The number of urea groups is 1. The molecule has 186 valence electrons. The Morgan fingerprint density at radius 2 is 1.94 bits per heavy atom. The number of rotatable bonds is 5. The smallest absolute Gasteiger partial charge is 0.326 e. The number of hydrogen-bond donors (Lipinski definition) is 0. The van der Waals surface area contributed by atoms with Crippen LogP contribution in [0, 0.1) is 17.2 Å². The molecule has 0 bridgehead atoms. The lowest BCUT2D eigenvalue weighted by Gasteiger charge is -2.51. The van der Waals surface area contributed by atoms with Gasteiger partial charge in [0.1, 0.15) is 18.4 Å². The van der Waals surface area contributed by atoms with E-state index in [9.17, 15) is 14.9 Å². The largest absolute Gasteiger partial charge is 0.347 e. The fraction of sp³-hybridized carbons (Fsp3) is 0.577. The molecule has 1 atom stereocenters. The number of anilines is 1. The summed E-state index contributed by atoms with van der Waals surface area (Å²) in [6, 6.07) is 3.35. The van der Waals surface area contributed by atoms with Crippen molar-refractivity contribution in [2.75, 3.05) is 46.2 Å². The van der Waals surface area contributed by atoms with Crippen LogP contribution in [0.2, 0.25) is 0 Å². The number of allylic oxidation sites excluding steroid dienone is 2. The molecule has 2 heterocycles. The normalized spacial score (nSPS) is 28.4. The number of amides is 3. The molecule has 35 heavy (non-hydrogen) atoms. The molecule has 9 nitrogen and oxygen atoms in total. The average Bonchev–Trinajstić information content (AvgIpc) is 3.10. The Morgan fingerprint density at radius 1 is 1.23 bits per heavy atom. The molecule has 0 radical (unpaired) electrons. The second-order valence-electron chi connectivity index (χ2n) is 10.5. The molecule has 1 aromatic rings. The van der Waals surface area contributed by atoms with Crippen LogP contribution in [0.25, 0.3) is 0 Å². The van der Waals surface area contributed by atoms with Crippen molar-refractivity contribution < 1.29 is 9.59 Å². The van der Waals surface area contributed by atoms with Gasteiger partial charge in [-0.1, -0.05) is 25.2 Å². The second kappa shape index (κ2) is 9.42. The molecule has 0 N–H and O–H groups in total. The van der Waals surface area contributed by atoms with Crippen molar-refractivity contribution in [2.45, 2.75) is 50.1 Å². The van der Waals surface area contributed by atoms with E-state index < -0.39 is 5.54 Å². The van der Waals surface area contributed by atoms with Gasteiger partial charge in [0.05, 0.1) is 12.1 Å². The van der Waals surface area contributed by atoms with E-state index in [2.05, 4.69) is 54.1 Å². The Hall–Kier alpha value is -3.25. The maximum atomic E-state index is 13.7. The van der Waals surface area contributed by atoms with Crippen molar-refractivity contribution in [1.29, 1.82) is 5.26 Å². The fourth-order valence-electron chi connectivity index (χ4n) is 5.74. The molecule has 1 spiro atoms. The van der Waals surface area contributed by atoms with E-state index in [0.29, 0.717) is 18.3 Å². The first-order chi connectivity index (χ1) is 16.6. The first-order valence-corrected chi connectivity index (χ1v) is 12.2. The highest BCUT2D eigenvalue weighted by molar-refractivity contribution is 5.97. The number of nitrogens with zero attached hydrogens (tertiary/aromatic N) is 7. The molecule has 1 saturated heterocycles. The molecule has 1 saturated carbocycles. The summed E-state index contributed by atoms with van der Waals surface area (Å²) in [4.78, 5) is 41.8. The zero-order chi connectivity index (χ0) is 25.4. The minimum atomic E-state index is -0.482. The van der Waals surface area contributed by atoms with E-state index in [1.54, 1.807) is 30.0 Å². The van der Waals surface area contributed by atoms with Crippen molar-refractivity contribution in [3.63, 3.8) is 0 Å². The first kappa shape index (κ1) is 24.9. The van der Waals surface area contributed by atoms with Gasteiger partial charge in [0, 0.05) is 25.8 Å². The second-order valence-corrected chi connectivity index (χ2v) is 10.5. The molecule has 9 heteroatoms. The van der Waals surface area contributed by atoms with Gasteiger partial charge in [0.25, 0.3) is 0 Å². The topological polar surface area (TPSA) is 96.7 Å². The summed E-state index contributed by atoms with van der Waals surface area (Å²) in [7, 11) is 7.68. The van der Waals surface area contributed by atoms with E-state index in [0.717, 1.165) is 32.1 Å². The Balaban J connectivity index is 1.67. The zero-order valence-corrected chi connectivity index (χ0v) is 21.4. The number of likely N-dealkylation sites (N-methyl/N-ethyl adjacent to an activating group) is 2. The lowest BCUT2D eigenvalue weighted by molar-refractivity contribution is -0.130. The SMILES string of the molecule is CC1C=C([C@]2(N(C)C)CC[C@@]3(CC2)CN(c2ccnc(C#N)n2)C(=O)N3CC(=O)N(C)C)C=CC1. The third-order valence-electron chi connectivity index (χ3n) is 7.97. The maximum Gasteiger partial charge on any atom is 0.326 e. The zero-order valence-electron chi connectivity index (χ0n) is 21.4. The molecule has 3 amide bonds. The highest BCUT2D eigenvalue weighted by atomic mass is 16.2. The standard InChI is InChI=1S/C26H35N7O2/c1-19-7-6-8-20(15-19)26(31(4)5)12-10-25(11-13-26)18-32(22-9-14-28-21(16-27)29-22)24(35)33(25)17-23(34)30(2)3/h6,8-9,14-15,19H,7,10-13,17-18H2,1-5H3/t19?,25-,26+. The van der Waals surface area contributed by atoms with Crippen molar-refractivity contribution in [2.24, 2.45) is 5.92 Å². The highest BCUT2D eigenvalue weighted by Crippen LogP contribution is 2.48. The molecule has 1 aliphatic heterocycles. The number of carbonyl (C=O) groups is 2. The third-order valence-corrected chi connectivity index (χ3v) is 7.97. The summed E-state index contributed by atoms with van der Waals surface area (Å²) in [5, 5.41) is 9.24. The number of aromatic nitrogens is 2. The van der Waals surface area contributed by atoms with E-state index in [1.807, 2.05) is 6.07 Å². The minimum absolute atomic E-state index is 0.0209. The number of nitriles is 1. The molecular weight excluding hydrogens is 442 g/mol. The summed E-state index contributed by atoms with van der Waals surface area (Å²) in [6.45, 7) is 2.70. The summed E-state index contributed by atoms with van der Waals surface area (Å²) < 4.78 is 0. The first-order valence-electron chi connectivity index (χ1n) is 12.2. The molecular formula is C26H35N7O2. The van der Waals surface area contributed by atoms with Gasteiger partial charge in [0.15, 0.2) is 0 Å². The average molecular weight is 478 g/mol. The van der Waals surface area contributed by atoms with Crippen molar-refractivity contribution in [3.8, 4) is 6.07 Å². The van der Waals surface area contributed by atoms with Gasteiger partial charge in [-0.05, 0) is 63.8 Å². The van der Waals surface area contributed by atoms with E-state index in [-0.39, 0.29) is 29.8 Å². The summed E-state index contributed by atoms with van der Waals surface area (Å²) in [5.41, 5.74) is 0.764. The van der Waals surface area contributed by atoms with Gasteiger partial charge in [-0.25, -0.2) is 14.8 Å². The van der Waals surface area contributed by atoms with Crippen LogP contribution in [0.15, 0.2) is 36.1 Å². The van der Waals surface area contributed by atoms with Crippen LogP contribution in [0.4, 0.5) is 10.6 Å². The molecule has 3 aliphatic rings. The molecule has 0 aromatic carbocycles. The van der Waals surface area contributed by atoms with Gasteiger partial charge in [-0.15, -0.1) is 0 Å². The van der Waals surface area contributed by atoms with E-state index >= 15 is 0 Å². The monoisotopic (exact) mass is 477 g/mol. The van der Waals surface area contributed by atoms with E-state index in [4.69, 9.17) is 0 Å². The van der Waals surface area contributed by atoms with Gasteiger partial charge in [-0.3, -0.25) is 14.6 Å². The van der Waals surface area contributed by atoms with Gasteiger partial charge in [-0.2, -0.15) is 5.26 Å². The number of hydrogen-bond acceptors (Lipinski definition) is 6. The van der Waals surface area contributed by atoms with Gasteiger partial charge < -0.3 is 9.80 Å². The Kier molecular flexibility index (Phi) is 6.69. The molecule has 2 fully saturated rings. The lowest BCUT2D eigenvalue weighted by atomic mass is 9.67. The molecule has 4 rings (SSSR count). The van der Waals surface area contributed by atoms with Crippen LogP contribution in [0.1, 0.15) is 44.9 Å². The Bertz CT molecular complexity index is 1090. The van der Waals surface area contributed by atoms with Gasteiger partial charge >= 0.3 is 6.03 Å². The van der Waals surface area contributed by atoms with Crippen LogP contribution < -0.4 is 4.90 Å². The molecule has 2 aliphatic carbocycles. The Morgan fingerprint density at radius 3 is 2.54 bits per heavy atom. The highest BCUT2D eigenvalue weighted by Gasteiger charge is 2.55. The van der Waals surface area contributed by atoms with Crippen molar-refractivity contribution in [1.82, 2.24) is 24.7 Å². The predicted molar refractivity (Wildman–Crippen MR) is 134 cm³/mol. The van der Waals surface area contributed by atoms with Crippen LogP contribution in [0.3, 0.4) is 0 Å². The summed E-state index contributed by atoms with van der Waals surface area (Å²) in [5.74, 6) is 0.813. The van der Waals surface area contributed by atoms with Crippen LogP contribution in [-0.4, -0.2) is 89.0 Å². The van der Waals surface area contributed by atoms with Crippen LogP contribution in [-0.2, 0) is 4.79 Å². The summed E-state index contributed by atoms with van der Waals surface area (Å²) >= 11 is 0. The lowest BCUT2D eigenvalue weighted by Crippen LogP contribution is -2.58. The Labute approximate surface area is 207 Å². The van der Waals surface area contributed by atoms with Crippen molar-refractivity contribution >= 4 is 17.8 Å². The van der Waals surface area contributed by atoms with Crippen molar-refractivity contribution in [3.05, 3.63) is 41.9 Å². The summed E-state index contributed by atoms with van der Waals surface area (Å²) in [6.07, 6.45) is 12.8. The molecule has 1 unspecified atom stereocenters.